The summed E-state index contributed by atoms with van der Waals surface area (Å²) in [5.74, 6) is 1.05. The lowest BCUT2D eigenvalue weighted by molar-refractivity contribution is -0.903. The number of thiol groups is 1. The van der Waals surface area contributed by atoms with Crippen molar-refractivity contribution in [3.8, 4) is 0 Å². The van der Waals surface area contributed by atoms with Crippen LogP contribution in [0.5, 0.6) is 0 Å². The number of hydrogen-bond donors (Lipinski definition) is 1. The van der Waals surface area contributed by atoms with Gasteiger partial charge >= 0.3 is 0 Å². The van der Waals surface area contributed by atoms with Gasteiger partial charge in [0.25, 0.3) is 0 Å². The third-order valence-corrected chi connectivity index (χ3v) is 4.69. The van der Waals surface area contributed by atoms with E-state index in [9.17, 15) is 0 Å². The Balaban J connectivity index is 0.00000484. The van der Waals surface area contributed by atoms with Crippen molar-refractivity contribution < 1.29 is 16.9 Å². The molecule has 1 nitrogen and oxygen atoms in total. The Labute approximate surface area is 156 Å². The van der Waals surface area contributed by atoms with Crippen molar-refractivity contribution in [1.29, 1.82) is 0 Å². The molecule has 0 atom stereocenters. The summed E-state index contributed by atoms with van der Waals surface area (Å²) in [6, 6.07) is 10.9. The van der Waals surface area contributed by atoms with Gasteiger partial charge in [-0.2, -0.15) is 12.6 Å². The van der Waals surface area contributed by atoms with Crippen molar-refractivity contribution >= 4 is 12.6 Å². The lowest BCUT2D eigenvalue weighted by atomic mass is 10.1. The van der Waals surface area contributed by atoms with E-state index < -0.39 is 0 Å². The highest BCUT2D eigenvalue weighted by Gasteiger charge is 2.14. The Bertz CT molecular complexity index is 367. The highest BCUT2D eigenvalue weighted by Crippen LogP contribution is 2.13. The van der Waals surface area contributed by atoms with Crippen LogP contribution in [0.3, 0.4) is 0 Å². The second kappa shape index (κ2) is 14.2. The Morgan fingerprint density at radius 3 is 1.74 bits per heavy atom. The normalized spacial score (nSPS) is 11.3. The molecule has 0 heterocycles. The molecular weight excluding hydrogens is 322 g/mol. The van der Waals surface area contributed by atoms with E-state index in [1.807, 2.05) is 0 Å². The monoisotopic (exact) mass is 357 g/mol. The number of halogens is 1. The molecule has 1 rings (SSSR count). The maximum Gasteiger partial charge on any atom is 0.104 e. The van der Waals surface area contributed by atoms with E-state index in [0.717, 1.165) is 16.8 Å². The number of quaternary nitrogens is 1. The predicted octanol–water partition coefficient (Wildman–Crippen LogP) is 2.71. The summed E-state index contributed by atoms with van der Waals surface area (Å²) in [7, 11) is 4.71. The third-order valence-electron chi connectivity index (χ3n) is 4.37. The fourth-order valence-corrected chi connectivity index (χ4v) is 3.27. The molecule has 0 aliphatic heterocycles. The first-order valence-corrected chi connectivity index (χ1v) is 9.74. The van der Waals surface area contributed by atoms with Crippen LogP contribution < -0.4 is 12.4 Å². The minimum Gasteiger partial charge on any atom is -1.00 e. The van der Waals surface area contributed by atoms with Crippen LogP contribution in [0.2, 0.25) is 0 Å². The number of nitrogens with zero attached hydrogens (tertiary/aromatic N) is 1. The second-order valence-corrected chi connectivity index (χ2v) is 7.66. The van der Waals surface area contributed by atoms with Crippen LogP contribution in [0.4, 0.5) is 0 Å². The fraction of sp³-hybridized carbons (Fsp3) is 0.700. The number of unbranched alkanes of at least 4 members (excludes halogenated alkanes) is 8. The Kier molecular flexibility index (Phi) is 14.1. The third kappa shape index (κ3) is 12.9. The van der Waals surface area contributed by atoms with E-state index >= 15 is 0 Å². The predicted molar refractivity (Wildman–Crippen MR) is 103 cm³/mol. The number of rotatable bonds is 13. The first kappa shape index (κ1) is 22.8. The van der Waals surface area contributed by atoms with Crippen molar-refractivity contribution in [3.63, 3.8) is 0 Å². The molecule has 1 aromatic rings. The fourth-order valence-electron chi connectivity index (χ4n) is 3.05. The van der Waals surface area contributed by atoms with Crippen molar-refractivity contribution in [2.45, 2.75) is 64.3 Å². The molecule has 3 heteroatoms. The molecule has 0 N–H and O–H groups in total. The molecule has 0 saturated carbocycles. The summed E-state index contributed by atoms with van der Waals surface area (Å²) in [4.78, 5) is 0. The first-order chi connectivity index (χ1) is 10.6. The summed E-state index contributed by atoms with van der Waals surface area (Å²) in [5.41, 5.74) is 1.45. The zero-order chi connectivity index (χ0) is 16.1. The van der Waals surface area contributed by atoms with Gasteiger partial charge < -0.3 is 16.9 Å². The second-order valence-electron chi connectivity index (χ2n) is 7.21. The van der Waals surface area contributed by atoms with E-state index in [4.69, 9.17) is 0 Å². The maximum absolute atomic E-state index is 4.26. The molecule has 1 aromatic carbocycles. The lowest BCUT2D eigenvalue weighted by Gasteiger charge is -2.30. The molecule has 0 fully saturated rings. The largest absolute Gasteiger partial charge is 1.00 e. The molecule has 0 spiro atoms. The van der Waals surface area contributed by atoms with Gasteiger partial charge in [0.05, 0.1) is 20.6 Å². The Morgan fingerprint density at radius 2 is 1.22 bits per heavy atom. The van der Waals surface area contributed by atoms with Crippen LogP contribution in [0, 0.1) is 0 Å². The topological polar surface area (TPSA) is 0 Å². The molecule has 0 radical (unpaired) electrons. The molecule has 0 bridgehead atoms. The molecule has 0 aliphatic rings. The quantitative estimate of drug-likeness (QED) is 0.313. The maximum atomic E-state index is 4.26. The van der Waals surface area contributed by atoms with Crippen molar-refractivity contribution in [3.05, 3.63) is 35.9 Å². The minimum atomic E-state index is 0. The van der Waals surface area contributed by atoms with Gasteiger partial charge in [-0.25, -0.2) is 0 Å². The average Bonchev–Trinajstić information content (AvgIpc) is 2.49. The van der Waals surface area contributed by atoms with Gasteiger partial charge in [0.2, 0.25) is 0 Å². The highest BCUT2D eigenvalue weighted by atomic mass is 35.5. The van der Waals surface area contributed by atoms with E-state index in [-0.39, 0.29) is 12.4 Å². The zero-order valence-corrected chi connectivity index (χ0v) is 16.8. The Morgan fingerprint density at radius 1 is 0.739 bits per heavy atom. The molecule has 23 heavy (non-hydrogen) atoms. The molecular formula is C20H36ClNS. The lowest BCUT2D eigenvalue weighted by Crippen LogP contribution is -3.00. The van der Waals surface area contributed by atoms with Crippen LogP contribution in [0.15, 0.2) is 30.3 Å². The van der Waals surface area contributed by atoms with Crippen LogP contribution >= 0.6 is 12.6 Å². The summed E-state index contributed by atoms with van der Waals surface area (Å²) >= 11 is 4.26. The van der Waals surface area contributed by atoms with Crippen LogP contribution in [0.25, 0.3) is 0 Å². The van der Waals surface area contributed by atoms with Gasteiger partial charge in [-0.1, -0.05) is 68.9 Å². The van der Waals surface area contributed by atoms with Gasteiger partial charge in [0, 0.05) is 5.56 Å². The Hall–Kier alpha value is -0.180. The van der Waals surface area contributed by atoms with E-state index in [1.165, 1.54) is 69.9 Å². The summed E-state index contributed by atoms with van der Waals surface area (Å²) in [6.45, 7) is 2.43. The van der Waals surface area contributed by atoms with E-state index in [2.05, 4.69) is 57.1 Å². The van der Waals surface area contributed by atoms with Gasteiger partial charge in [-0.15, -0.1) is 0 Å². The van der Waals surface area contributed by atoms with Crippen LogP contribution in [-0.4, -0.2) is 30.9 Å². The first-order valence-electron chi connectivity index (χ1n) is 9.11. The van der Waals surface area contributed by atoms with E-state index in [1.54, 1.807) is 0 Å². The zero-order valence-electron chi connectivity index (χ0n) is 15.1. The summed E-state index contributed by atoms with van der Waals surface area (Å²) in [5, 5.41) is 0. The van der Waals surface area contributed by atoms with Gasteiger partial charge in [-0.05, 0) is 25.0 Å². The highest BCUT2D eigenvalue weighted by molar-refractivity contribution is 7.80. The van der Waals surface area contributed by atoms with Crippen molar-refractivity contribution in [2.75, 3.05) is 26.4 Å². The molecule has 0 aliphatic carbocycles. The standard InChI is InChI=1S/C20H35NS.ClH/c1-21(2,19-20-15-11-10-12-16-20)17-13-8-6-4-3-5-7-9-14-18-22;/h10-12,15-16H,3-9,13-14,17-19H2,1-2H3;1H. The molecule has 0 saturated heterocycles. The van der Waals surface area contributed by atoms with Gasteiger partial charge in [0.1, 0.15) is 6.54 Å². The molecule has 0 aromatic heterocycles. The van der Waals surface area contributed by atoms with Crippen molar-refractivity contribution in [2.24, 2.45) is 0 Å². The number of benzene rings is 1. The van der Waals surface area contributed by atoms with Crippen LogP contribution in [0.1, 0.15) is 63.4 Å². The molecule has 0 unspecified atom stereocenters. The average molecular weight is 358 g/mol. The van der Waals surface area contributed by atoms with E-state index in [0.29, 0.717) is 0 Å². The molecule has 0 amide bonds. The van der Waals surface area contributed by atoms with Gasteiger partial charge in [0.15, 0.2) is 0 Å². The minimum absolute atomic E-state index is 0. The smallest absolute Gasteiger partial charge is 0.104 e. The van der Waals surface area contributed by atoms with Crippen molar-refractivity contribution in [1.82, 2.24) is 0 Å². The number of hydrogen-bond acceptors (Lipinski definition) is 1. The summed E-state index contributed by atoms with van der Waals surface area (Å²) in [6.07, 6.45) is 12.5. The van der Waals surface area contributed by atoms with Crippen LogP contribution in [-0.2, 0) is 6.54 Å². The summed E-state index contributed by atoms with van der Waals surface area (Å²) < 4.78 is 1.10. The molecule has 134 valence electrons. The SMILES string of the molecule is C[N+](C)(CCCCCCCCCCCS)Cc1ccccc1.[Cl-]. The van der Waals surface area contributed by atoms with Gasteiger partial charge in [-0.3, -0.25) is 0 Å².